The molecule has 1 heterocycles. The zero-order valence-electron chi connectivity index (χ0n) is 11.0. The number of benzene rings is 1. The molecule has 0 aliphatic carbocycles. The first-order valence-electron chi connectivity index (χ1n) is 6.49. The van der Waals surface area contributed by atoms with Crippen molar-refractivity contribution in [2.75, 3.05) is 26.2 Å². The zero-order valence-corrected chi connectivity index (χ0v) is 11.0. The number of nitrogens with zero attached hydrogens (tertiary/aromatic N) is 1. The van der Waals surface area contributed by atoms with Crippen LogP contribution in [0.5, 0.6) is 0 Å². The molecular formula is C14H20F2N2. The number of piperazine rings is 1. The zero-order chi connectivity index (χ0) is 13.1. The topological polar surface area (TPSA) is 15.3 Å². The van der Waals surface area contributed by atoms with Gasteiger partial charge in [-0.15, -0.1) is 0 Å². The second kappa shape index (κ2) is 5.76. The molecule has 1 saturated heterocycles. The average molecular weight is 254 g/mol. The molecule has 1 aromatic rings. The summed E-state index contributed by atoms with van der Waals surface area (Å²) >= 11 is 0. The Labute approximate surface area is 107 Å². The van der Waals surface area contributed by atoms with Gasteiger partial charge in [-0.2, -0.15) is 0 Å². The molecule has 100 valence electrons. The van der Waals surface area contributed by atoms with Gasteiger partial charge in [0.1, 0.15) is 11.6 Å². The Hall–Kier alpha value is -1.00. The third-order valence-electron chi connectivity index (χ3n) is 3.39. The Morgan fingerprint density at radius 1 is 1.17 bits per heavy atom. The van der Waals surface area contributed by atoms with Crippen LogP contribution in [0.2, 0.25) is 0 Å². The smallest absolute Gasteiger partial charge is 0.130 e. The van der Waals surface area contributed by atoms with Crippen LogP contribution >= 0.6 is 0 Å². The van der Waals surface area contributed by atoms with Gasteiger partial charge in [0.25, 0.3) is 0 Å². The summed E-state index contributed by atoms with van der Waals surface area (Å²) in [5.41, 5.74) is 1.20. The minimum absolute atomic E-state index is 0.0763. The molecule has 1 aliphatic rings. The second-order valence-electron chi connectivity index (χ2n) is 5.15. The maximum Gasteiger partial charge on any atom is 0.130 e. The standard InChI is InChI=1S/C14H20F2N2/c1-10(2)12-7-11(13(15)8-14(12)16)9-18-5-3-17-4-6-18/h7-8,10,17H,3-6,9H2,1-2H3. The third kappa shape index (κ3) is 3.06. The summed E-state index contributed by atoms with van der Waals surface area (Å²) in [6.45, 7) is 8.09. The molecule has 0 spiro atoms. The molecule has 1 N–H and O–H groups in total. The lowest BCUT2D eigenvalue weighted by Crippen LogP contribution is -2.43. The van der Waals surface area contributed by atoms with Gasteiger partial charge in [0.05, 0.1) is 0 Å². The molecular weight excluding hydrogens is 234 g/mol. The molecule has 0 atom stereocenters. The van der Waals surface area contributed by atoms with Gasteiger partial charge < -0.3 is 5.32 Å². The van der Waals surface area contributed by atoms with Crippen molar-refractivity contribution in [3.63, 3.8) is 0 Å². The van der Waals surface area contributed by atoms with Crippen molar-refractivity contribution in [2.45, 2.75) is 26.3 Å². The summed E-state index contributed by atoms with van der Waals surface area (Å²) in [4.78, 5) is 2.19. The van der Waals surface area contributed by atoms with E-state index in [4.69, 9.17) is 0 Å². The van der Waals surface area contributed by atoms with Crippen LogP contribution < -0.4 is 5.32 Å². The Morgan fingerprint density at radius 2 is 1.83 bits per heavy atom. The highest BCUT2D eigenvalue weighted by molar-refractivity contribution is 5.28. The van der Waals surface area contributed by atoms with E-state index in [0.29, 0.717) is 17.7 Å². The van der Waals surface area contributed by atoms with Gasteiger partial charge in [-0.1, -0.05) is 13.8 Å². The highest BCUT2D eigenvalue weighted by Crippen LogP contribution is 2.23. The number of hydrogen-bond donors (Lipinski definition) is 1. The van der Waals surface area contributed by atoms with E-state index in [2.05, 4.69) is 10.2 Å². The fourth-order valence-electron chi connectivity index (χ4n) is 2.29. The van der Waals surface area contributed by atoms with Crippen LogP contribution in [-0.2, 0) is 6.54 Å². The van der Waals surface area contributed by atoms with Crippen LogP contribution in [0.3, 0.4) is 0 Å². The summed E-state index contributed by atoms with van der Waals surface area (Å²) in [6, 6.07) is 2.70. The first-order chi connectivity index (χ1) is 8.58. The molecule has 0 radical (unpaired) electrons. The molecule has 18 heavy (non-hydrogen) atoms. The van der Waals surface area contributed by atoms with E-state index in [0.717, 1.165) is 32.2 Å². The highest BCUT2D eigenvalue weighted by Gasteiger charge is 2.16. The van der Waals surface area contributed by atoms with Crippen molar-refractivity contribution in [2.24, 2.45) is 0 Å². The molecule has 2 rings (SSSR count). The van der Waals surface area contributed by atoms with Gasteiger partial charge in [-0.05, 0) is 17.5 Å². The molecule has 0 aromatic heterocycles. The van der Waals surface area contributed by atoms with Crippen LogP contribution in [0.25, 0.3) is 0 Å². The number of hydrogen-bond acceptors (Lipinski definition) is 2. The minimum Gasteiger partial charge on any atom is -0.314 e. The number of nitrogens with one attached hydrogen (secondary N) is 1. The summed E-state index contributed by atoms with van der Waals surface area (Å²) in [5, 5.41) is 3.26. The molecule has 1 aliphatic heterocycles. The van der Waals surface area contributed by atoms with Gasteiger partial charge in [0.15, 0.2) is 0 Å². The maximum atomic E-state index is 13.8. The van der Waals surface area contributed by atoms with E-state index < -0.39 is 11.6 Å². The summed E-state index contributed by atoms with van der Waals surface area (Å²) in [6.07, 6.45) is 0. The Balaban J connectivity index is 2.18. The molecule has 0 amide bonds. The lowest BCUT2D eigenvalue weighted by molar-refractivity contribution is 0.230. The van der Waals surface area contributed by atoms with Gasteiger partial charge in [-0.3, -0.25) is 4.90 Å². The van der Waals surface area contributed by atoms with Crippen molar-refractivity contribution in [1.29, 1.82) is 0 Å². The lowest BCUT2D eigenvalue weighted by atomic mass is 9.99. The highest BCUT2D eigenvalue weighted by atomic mass is 19.1. The monoisotopic (exact) mass is 254 g/mol. The van der Waals surface area contributed by atoms with Crippen molar-refractivity contribution < 1.29 is 8.78 Å². The molecule has 1 aromatic carbocycles. The summed E-state index contributed by atoms with van der Waals surface area (Å²) < 4.78 is 27.4. The fourth-order valence-corrected chi connectivity index (χ4v) is 2.29. The number of halogens is 2. The van der Waals surface area contributed by atoms with Crippen molar-refractivity contribution in [3.8, 4) is 0 Å². The first kappa shape index (κ1) is 13.4. The van der Waals surface area contributed by atoms with Crippen molar-refractivity contribution in [3.05, 3.63) is 34.9 Å². The quantitative estimate of drug-likeness (QED) is 0.891. The molecule has 2 nitrogen and oxygen atoms in total. The minimum atomic E-state index is -0.438. The van der Waals surface area contributed by atoms with Gasteiger partial charge >= 0.3 is 0 Å². The van der Waals surface area contributed by atoms with E-state index >= 15 is 0 Å². The van der Waals surface area contributed by atoms with E-state index in [-0.39, 0.29) is 5.92 Å². The maximum absolute atomic E-state index is 13.8. The van der Waals surface area contributed by atoms with Gasteiger partial charge in [0.2, 0.25) is 0 Å². The third-order valence-corrected chi connectivity index (χ3v) is 3.39. The first-order valence-corrected chi connectivity index (χ1v) is 6.49. The Kier molecular flexibility index (Phi) is 4.30. The largest absolute Gasteiger partial charge is 0.314 e. The SMILES string of the molecule is CC(C)c1cc(CN2CCNCC2)c(F)cc1F. The van der Waals surface area contributed by atoms with Crippen LogP contribution in [0.4, 0.5) is 8.78 Å². The molecule has 4 heteroatoms. The van der Waals surface area contributed by atoms with E-state index in [1.54, 1.807) is 6.07 Å². The van der Waals surface area contributed by atoms with E-state index in [1.807, 2.05) is 13.8 Å². The van der Waals surface area contributed by atoms with Gasteiger partial charge in [0, 0.05) is 44.4 Å². The molecule has 0 saturated carbocycles. The Bertz CT molecular complexity index is 413. The van der Waals surface area contributed by atoms with E-state index in [1.165, 1.54) is 0 Å². The Morgan fingerprint density at radius 3 is 2.44 bits per heavy atom. The van der Waals surface area contributed by atoms with Crippen LogP contribution in [0, 0.1) is 11.6 Å². The normalized spacial score (nSPS) is 17.4. The predicted molar refractivity (Wildman–Crippen MR) is 68.6 cm³/mol. The average Bonchev–Trinajstić information content (AvgIpc) is 2.33. The summed E-state index contributed by atoms with van der Waals surface area (Å²) in [7, 11) is 0. The van der Waals surface area contributed by atoms with Gasteiger partial charge in [-0.25, -0.2) is 8.78 Å². The molecule has 0 bridgehead atoms. The fraction of sp³-hybridized carbons (Fsp3) is 0.571. The molecule has 1 fully saturated rings. The predicted octanol–water partition coefficient (Wildman–Crippen LogP) is 2.49. The van der Waals surface area contributed by atoms with Crippen LogP contribution in [0.15, 0.2) is 12.1 Å². The van der Waals surface area contributed by atoms with Crippen molar-refractivity contribution >= 4 is 0 Å². The number of rotatable bonds is 3. The summed E-state index contributed by atoms with van der Waals surface area (Å²) in [5.74, 6) is -0.797. The van der Waals surface area contributed by atoms with Crippen molar-refractivity contribution in [1.82, 2.24) is 10.2 Å². The van der Waals surface area contributed by atoms with Crippen LogP contribution in [-0.4, -0.2) is 31.1 Å². The van der Waals surface area contributed by atoms with Crippen LogP contribution in [0.1, 0.15) is 30.9 Å². The molecule has 0 unspecified atom stereocenters. The second-order valence-corrected chi connectivity index (χ2v) is 5.15. The lowest BCUT2D eigenvalue weighted by Gasteiger charge is -2.27. The van der Waals surface area contributed by atoms with E-state index in [9.17, 15) is 8.78 Å².